The lowest BCUT2D eigenvalue weighted by atomic mass is 10.3. The molecule has 2 aromatic carbocycles. The Labute approximate surface area is 166 Å². The van der Waals surface area contributed by atoms with Gasteiger partial charge >= 0.3 is 0 Å². The number of fused-ring (bicyclic) bond motifs is 1. The maximum atomic E-state index is 6.01. The molecule has 1 N–H and O–H groups in total. The Balaban J connectivity index is 1.67. The standard InChI is InChI=1S/C20H18ClN5S/c1-14(27-16-11-9-15(21)10-12-16)20(23-19-8-4-5-13-22-19)26-18-7-3-2-6-17(18)24-25-26/h2-14,20H,1H3,(H,22,23). The number of nitrogens with zero attached hydrogens (tertiary/aromatic N) is 4. The van der Waals surface area contributed by atoms with Gasteiger partial charge in [0.15, 0.2) is 0 Å². The average Bonchev–Trinajstić information content (AvgIpc) is 3.12. The van der Waals surface area contributed by atoms with Crippen LogP contribution in [0.3, 0.4) is 0 Å². The van der Waals surface area contributed by atoms with Crippen LogP contribution in [0.1, 0.15) is 13.1 Å². The van der Waals surface area contributed by atoms with Gasteiger partial charge in [0.25, 0.3) is 0 Å². The molecule has 0 fully saturated rings. The minimum Gasteiger partial charge on any atom is -0.347 e. The molecule has 27 heavy (non-hydrogen) atoms. The van der Waals surface area contributed by atoms with Gasteiger partial charge in [-0.05, 0) is 55.5 Å². The number of benzene rings is 2. The monoisotopic (exact) mass is 395 g/mol. The number of rotatable bonds is 6. The lowest BCUT2D eigenvalue weighted by Gasteiger charge is -2.26. The average molecular weight is 396 g/mol. The van der Waals surface area contributed by atoms with E-state index in [1.165, 1.54) is 0 Å². The van der Waals surface area contributed by atoms with Crippen LogP contribution >= 0.6 is 23.4 Å². The van der Waals surface area contributed by atoms with Crippen LogP contribution in [0.25, 0.3) is 11.0 Å². The number of aromatic nitrogens is 4. The summed E-state index contributed by atoms with van der Waals surface area (Å²) in [5, 5.41) is 13.1. The molecule has 0 radical (unpaired) electrons. The summed E-state index contributed by atoms with van der Waals surface area (Å²) < 4.78 is 1.93. The normalized spacial score (nSPS) is 13.4. The van der Waals surface area contributed by atoms with Crippen LogP contribution in [-0.2, 0) is 0 Å². The van der Waals surface area contributed by atoms with E-state index in [4.69, 9.17) is 11.6 Å². The smallest absolute Gasteiger partial charge is 0.136 e. The van der Waals surface area contributed by atoms with E-state index in [-0.39, 0.29) is 11.4 Å². The summed E-state index contributed by atoms with van der Waals surface area (Å²) in [5.41, 5.74) is 1.85. The third-order valence-corrected chi connectivity index (χ3v) is 5.61. The Morgan fingerprint density at radius 2 is 1.78 bits per heavy atom. The van der Waals surface area contributed by atoms with E-state index in [1.54, 1.807) is 18.0 Å². The van der Waals surface area contributed by atoms with Gasteiger partial charge in [-0.3, -0.25) is 0 Å². The van der Waals surface area contributed by atoms with E-state index in [1.807, 2.05) is 71.4 Å². The molecule has 7 heteroatoms. The van der Waals surface area contributed by atoms with E-state index in [9.17, 15) is 0 Å². The molecule has 5 nitrogen and oxygen atoms in total. The first-order valence-electron chi connectivity index (χ1n) is 8.60. The van der Waals surface area contributed by atoms with Crippen molar-refractivity contribution in [1.29, 1.82) is 0 Å². The summed E-state index contributed by atoms with van der Waals surface area (Å²) in [7, 11) is 0. The predicted octanol–water partition coefficient (Wildman–Crippen LogP) is 5.27. The molecule has 0 bridgehead atoms. The molecule has 0 saturated carbocycles. The maximum Gasteiger partial charge on any atom is 0.136 e. The summed E-state index contributed by atoms with van der Waals surface area (Å²) in [4.78, 5) is 5.55. The van der Waals surface area contributed by atoms with E-state index in [2.05, 4.69) is 27.5 Å². The summed E-state index contributed by atoms with van der Waals surface area (Å²) in [6.45, 7) is 2.16. The van der Waals surface area contributed by atoms with Crippen molar-refractivity contribution in [3.63, 3.8) is 0 Å². The number of thioether (sulfide) groups is 1. The van der Waals surface area contributed by atoms with Crippen LogP contribution in [0, 0.1) is 0 Å². The highest BCUT2D eigenvalue weighted by Crippen LogP contribution is 2.32. The zero-order valence-corrected chi connectivity index (χ0v) is 16.2. The van der Waals surface area contributed by atoms with Gasteiger partial charge in [-0.15, -0.1) is 16.9 Å². The van der Waals surface area contributed by atoms with Crippen molar-refractivity contribution in [1.82, 2.24) is 20.0 Å². The summed E-state index contributed by atoms with van der Waals surface area (Å²) in [5.74, 6) is 0.797. The molecule has 0 aliphatic rings. The van der Waals surface area contributed by atoms with Crippen molar-refractivity contribution < 1.29 is 0 Å². The number of pyridine rings is 1. The van der Waals surface area contributed by atoms with Crippen LogP contribution in [0.4, 0.5) is 5.82 Å². The minimum atomic E-state index is -0.132. The molecule has 0 spiro atoms. The molecular formula is C20H18ClN5S. The van der Waals surface area contributed by atoms with Crippen LogP contribution in [-0.4, -0.2) is 25.2 Å². The highest BCUT2D eigenvalue weighted by Gasteiger charge is 2.23. The van der Waals surface area contributed by atoms with Gasteiger partial charge < -0.3 is 5.32 Å². The summed E-state index contributed by atoms with van der Waals surface area (Å²) >= 11 is 7.76. The molecule has 4 aromatic rings. The number of nitrogens with one attached hydrogen (secondary N) is 1. The van der Waals surface area contributed by atoms with Gasteiger partial charge in [0.1, 0.15) is 17.5 Å². The van der Waals surface area contributed by atoms with Crippen LogP contribution in [0.15, 0.2) is 77.8 Å². The van der Waals surface area contributed by atoms with Crippen molar-refractivity contribution in [2.45, 2.75) is 23.2 Å². The number of anilines is 1. The summed E-state index contributed by atoms with van der Waals surface area (Å²) in [6, 6.07) is 21.6. The van der Waals surface area contributed by atoms with Crippen LogP contribution < -0.4 is 5.32 Å². The third-order valence-electron chi connectivity index (χ3n) is 4.18. The lowest BCUT2D eigenvalue weighted by Crippen LogP contribution is -2.28. The largest absolute Gasteiger partial charge is 0.347 e. The fourth-order valence-electron chi connectivity index (χ4n) is 2.86. The first kappa shape index (κ1) is 17.8. The third kappa shape index (κ3) is 4.07. The molecule has 2 heterocycles. The highest BCUT2D eigenvalue weighted by molar-refractivity contribution is 8.00. The quantitative estimate of drug-likeness (QED) is 0.450. The zero-order chi connectivity index (χ0) is 18.6. The second-order valence-corrected chi connectivity index (χ2v) is 7.99. The first-order valence-corrected chi connectivity index (χ1v) is 9.86. The van der Waals surface area contributed by atoms with Gasteiger partial charge in [0, 0.05) is 21.4 Å². The van der Waals surface area contributed by atoms with Crippen molar-refractivity contribution in [2.24, 2.45) is 0 Å². The molecule has 0 aliphatic heterocycles. The Morgan fingerprint density at radius 3 is 2.56 bits per heavy atom. The van der Waals surface area contributed by atoms with Crippen molar-refractivity contribution >= 4 is 40.2 Å². The second-order valence-electron chi connectivity index (χ2n) is 6.10. The molecular weight excluding hydrogens is 378 g/mol. The minimum absolute atomic E-state index is 0.132. The van der Waals surface area contributed by atoms with Gasteiger partial charge in [0.2, 0.25) is 0 Å². The second kappa shape index (κ2) is 7.98. The number of halogens is 1. The summed E-state index contributed by atoms with van der Waals surface area (Å²) in [6.07, 6.45) is 1.64. The van der Waals surface area contributed by atoms with Crippen molar-refractivity contribution in [2.75, 3.05) is 5.32 Å². The molecule has 136 valence electrons. The van der Waals surface area contributed by atoms with Crippen molar-refractivity contribution in [3.05, 3.63) is 77.9 Å². The van der Waals surface area contributed by atoms with Gasteiger partial charge in [-0.2, -0.15) is 0 Å². The van der Waals surface area contributed by atoms with E-state index in [0.717, 1.165) is 26.8 Å². The fraction of sp³-hybridized carbons (Fsp3) is 0.150. The molecule has 2 atom stereocenters. The number of hydrogen-bond donors (Lipinski definition) is 1. The molecule has 2 aromatic heterocycles. The fourth-order valence-corrected chi connectivity index (χ4v) is 4.02. The first-order chi connectivity index (χ1) is 13.2. The van der Waals surface area contributed by atoms with E-state index in [0.29, 0.717) is 0 Å². The lowest BCUT2D eigenvalue weighted by molar-refractivity contribution is 0.498. The Morgan fingerprint density at radius 1 is 1.00 bits per heavy atom. The number of hydrogen-bond acceptors (Lipinski definition) is 5. The van der Waals surface area contributed by atoms with Gasteiger partial charge in [-0.25, -0.2) is 9.67 Å². The Bertz CT molecular complexity index is 1020. The topological polar surface area (TPSA) is 55.6 Å². The molecule has 4 rings (SSSR count). The molecule has 2 unspecified atom stereocenters. The van der Waals surface area contributed by atoms with Crippen LogP contribution in [0.5, 0.6) is 0 Å². The van der Waals surface area contributed by atoms with E-state index < -0.39 is 0 Å². The highest BCUT2D eigenvalue weighted by atomic mass is 35.5. The Kier molecular flexibility index (Phi) is 5.27. The molecule has 0 aliphatic carbocycles. The zero-order valence-electron chi connectivity index (χ0n) is 14.7. The van der Waals surface area contributed by atoms with Crippen molar-refractivity contribution in [3.8, 4) is 0 Å². The van der Waals surface area contributed by atoms with Gasteiger partial charge in [-0.1, -0.05) is 35.0 Å². The molecule has 0 amide bonds. The number of para-hydroxylation sites is 1. The molecule has 0 saturated heterocycles. The van der Waals surface area contributed by atoms with Crippen LogP contribution in [0.2, 0.25) is 5.02 Å². The van der Waals surface area contributed by atoms with E-state index >= 15 is 0 Å². The Hall–Kier alpha value is -2.57. The SMILES string of the molecule is CC(Sc1ccc(Cl)cc1)C(Nc1ccccn1)n1nnc2ccccc21. The maximum absolute atomic E-state index is 6.01. The predicted molar refractivity (Wildman–Crippen MR) is 111 cm³/mol. The van der Waals surface area contributed by atoms with Gasteiger partial charge in [0.05, 0.1) is 5.52 Å².